The standard InChI is InChI=1S/C18H27N3O/c1-14-6-5-8-17(15(14)2)20-10-12-21(13-11-20)18(22)16-7-3-4-9-19-16/h5-6,8,16,19H,3-4,7,9-13H2,1-2H3. The molecule has 1 aromatic carbocycles. The first kappa shape index (κ1) is 15.3. The van der Waals surface area contributed by atoms with E-state index >= 15 is 0 Å². The first-order valence-corrected chi connectivity index (χ1v) is 8.50. The molecule has 0 spiro atoms. The van der Waals surface area contributed by atoms with E-state index in [9.17, 15) is 4.79 Å². The predicted molar refractivity (Wildman–Crippen MR) is 90.4 cm³/mol. The number of nitrogens with zero attached hydrogens (tertiary/aromatic N) is 2. The summed E-state index contributed by atoms with van der Waals surface area (Å²) in [7, 11) is 0. The molecule has 3 rings (SSSR count). The van der Waals surface area contributed by atoms with Crippen molar-refractivity contribution >= 4 is 11.6 Å². The predicted octanol–water partition coefficient (Wildman–Crippen LogP) is 2.09. The normalized spacial score (nSPS) is 22.7. The first-order chi connectivity index (χ1) is 10.7. The van der Waals surface area contributed by atoms with Crippen molar-refractivity contribution in [3.8, 4) is 0 Å². The molecule has 1 atom stereocenters. The minimum atomic E-state index is 0.0565. The van der Waals surface area contributed by atoms with Crippen LogP contribution in [0.2, 0.25) is 0 Å². The lowest BCUT2D eigenvalue weighted by Gasteiger charge is -2.39. The molecule has 4 nitrogen and oxygen atoms in total. The Morgan fingerprint density at radius 2 is 1.91 bits per heavy atom. The molecule has 0 bridgehead atoms. The van der Waals surface area contributed by atoms with Crippen LogP contribution in [0.15, 0.2) is 18.2 Å². The van der Waals surface area contributed by atoms with Crippen LogP contribution in [0.5, 0.6) is 0 Å². The Kier molecular flexibility index (Phi) is 4.67. The lowest BCUT2D eigenvalue weighted by molar-refractivity contribution is -0.134. The van der Waals surface area contributed by atoms with Crippen LogP contribution < -0.4 is 10.2 Å². The topological polar surface area (TPSA) is 35.6 Å². The Bertz CT molecular complexity index is 529. The van der Waals surface area contributed by atoms with Crippen molar-refractivity contribution in [3.05, 3.63) is 29.3 Å². The number of rotatable bonds is 2. The summed E-state index contributed by atoms with van der Waals surface area (Å²) in [6.07, 6.45) is 3.37. The molecule has 22 heavy (non-hydrogen) atoms. The van der Waals surface area contributed by atoms with Gasteiger partial charge in [0.05, 0.1) is 6.04 Å². The number of benzene rings is 1. The third-order valence-electron chi connectivity index (χ3n) is 5.12. The third kappa shape index (κ3) is 3.12. The van der Waals surface area contributed by atoms with Gasteiger partial charge in [0.2, 0.25) is 5.91 Å². The van der Waals surface area contributed by atoms with Crippen LogP contribution in [0.4, 0.5) is 5.69 Å². The fraction of sp³-hybridized carbons (Fsp3) is 0.611. The second-order valence-electron chi connectivity index (χ2n) is 6.53. The van der Waals surface area contributed by atoms with Gasteiger partial charge in [-0.25, -0.2) is 0 Å². The minimum absolute atomic E-state index is 0.0565. The molecule has 2 heterocycles. The van der Waals surface area contributed by atoms with Gasteiger partial charge in [-0.3, -0.25) is 4.79 Å². The van der Waals surface area contributed by atoms with E-state index in [1.165, 1.54) is 29.7 Å². The Morgan fingerprint density at radius 1 is 1.14 bits per heavy atom. The van der Waals surface area contributed by atoms with Gasteiger partial charge >= 0.3 is 0 Å². The molecule has 2 fully saturated rings. The van der Waals surface area contributed by atoms with Gasteiger partial charge in [0.25, 0.3) is 0 Å². The van der Waals surface area contributed by atoms with E-state index in [-0.39, 0.29) is 6.04 Å². The molecule has 0 radical (unpaired) electrons. The second kappa shape index (κ2) is 6.69. The quantitative estimate of drug-likeness (QED) is 0.908. The van der Waals surface area contributed by atoms with Crippen molar-refractivity contribution in [1.82, 2.24) is 10.2 Å². The molecule has 0 aliphatic carbocycles. The molecular weight excluding hydrogens is 274 g/mol. The van der Waals surface area contributed by atoms with Gasteiger partial charge in [0, 0.05) is 31.9 Å². The molecule has 2 aliphatic heterocycles. The Labute approximate surface area is 133 Å². The van der Waals surface area contributed by atoms with Gasteiger partial charge in [-0.2, -0.15) is 0 Å². The molecule has 2 saturated heterocycles. The molecule has 1 unspecified atom stereocenters. The number of aryl methyl sites for hydroxylation is 1. The summed E-state index contributed by atoms with van der Waals surface area (Å²) in [4.78, 5) is 17.0. The molecule has 1 aromatic rings. The zero-order valence-corrected chi connectivity index (χ0v) is 13.8. The summed E-state index contributed by atoms with van der Waals surface area (Å²) in [6, 6.07) is 6.54. The van der Waals surface area contributed by atoms with E-state index in [0.717, 1.165) is 39.1 Å². The number of piperazine rings is 1. The number of carbonyl (C=O) groups is 1. The zero-order chi connectivity index (χ0) is 15.5. The summed E-state index contributed by atoms with van der Waals surface area (Å²) in [6.45, 7) is 8.88. The van der Waals surface area contributed by atoms with Crippen molar-refractivity contribution in [2.45, 2.75) is 39.2 Å². The first-order valence-electron chi connectivity index (χ1n) is 8.50. The van der Waals surface area contributed by atoms with Crippen LogP contribution in [-0.4, -0.2) is 49.6 Å². The largest absolute Gasteiger partial charge is 0.368 e. The lowest BCUT2D eigenvalue weighted by Crippen LogP contribution is -2.55. The smallest absolute Gasteiger partial charge is 0.239 e. The average Bonchev–Trinajstić information content (AvgIpc) is 2.58. The number of hydrogen-bond donors (Lipinski definition) is 1. The average molecular weight is 301 g/mol. The number of carbonyl (C=O) groups excluding carboxylic acids is 1. The number of piperidine rings is 1. The highest BCUT2D eigenvalue weighted by molar-refractivity contribution is 5.82. The monoisotopic (exact) mass is 301 g/mol. The van der Waals surface area contributed by atoms with E-state index in [1.54, 1.807) is 0 Å². The van der Waals surface area contributed by atoms with Crippen molar-refractivity contribution < 1.29 is 4.79 Å². The molecule has 1 amide bonds. The summed E-state index contributed by atoms with van der Waals surface area (Å²) in [5, 5.41) is 3.37. The lowest BCUT2D eigenvalue weighted by atomic mass is 10.0. The van der Waals surface area contributed by atoms with E-state index in [2.05, 4.69) is 42.3 Å². The summed E-state index contributed by atoms with van der Waals surface area (Å²) < 4.78 is 0. The summed E-state index contributed by atoms with van der Waals surface area (Å²) in [5.74, 6) is 0.306. The Morgan fingerprint density at radius 3 is 2.59 bits per heavy atom. The Balaban J connectivity index is 1.60. The van der Waals surface area contributed by atoms with Crippen LogP contribution in [-0.2, 0) is 4.79 Å². The van der Waals surface area contributed by atoms with Gasteiger partial charge < -0.3 is 15.1 Å². The number of anilines is 1. The molecule has 120 valence electrons. The van der Waals surface area contributed by atoms with Gasteiger partial charge in [0.15, 0.2) is 0 Å². The second-order valence-corrected chi connectivity index (χ2v) is 6.53. The Hall–Kier alpha value is -1.55. The van der Waals surface area contributed by atoms with Crippen LogP contribution in [0.3, 0.4) is 0 Å². The minimum Gasteiger partial charge on any atom is -0.368 e. The van der Waals surface area contributed by atoms with E-state index in [0.29, 0.717) is 5.91 Å². The highest BCUT2D eigenvalue weighted by Gasteiger charge is 2.28. The van der Waals surface area contributed by atoms with Crippen LogP contribution in [0, 0.1) is 13.8 Å². The van der Waals surface area contributed by atoms with E-state index < -0.39 is 0 Å². The zero-order valence-electron chi connectivity index (χ0n) is 13.8. The fourth-order valence-electron chi connectivity index (χ4n) is 3.53. The molecule has 1 N–H and O–H groups in total. The van der Waals surface area contributed by atoms with Gasteiger partial charge in [-0.1, -0.05) is 18.6 Å². The van der Waals surface area contributed by atoms with Crippen LogP contribution >= 0.6 is 0 Å². The third-order valence-corrected chi connectivity index (χ3v) is 5.12. The number of amides is 1. The van der Waals surface area contributed by atoms with Crippen LogP contribution in [0.25, 0.3) is 0 Å². The maximum atomic E-state index is 12.6. The molecule has 0 saturated carbocycles. The number of hydrogen-bond acceptors (Lipinski definition) is 3. The van der Waals surface area contributed by atoms with Gasteiger partial charge in [0.1, 0.15) is 0 Å². The summed E-state index contributed by atoms with van der Waals surface area (Å²) >= 11 is 0. The van der Waals surface area contributed by atoms with E-state index in [4.69, 9.17) is 0 Å². The van der Waals surface area contributed by atoms with Crippen molar-refractivity contribution in [2.24, 2.45) is 0 Å². The fourth-order valence-corrected chi connectivity index (χ4v) is 3.53. The number of nitrogens with one attached hydrogen (secondary N) is 1. The maximum absolute atomic E-state index is 12.6. The maximum Gasteiger partial charge on any atom is 0.239 e. The molecule has 4 heteroatoms. The molecular formula is C18H27N3O. The summed E-state index contributed by atoms with van der Waals surface area (Å²) in [5.41, 5.74) is 4.02. The highest BCUT2D eigenvalue weighted by Crippen LogP contribution is 2.24. The van der Waals surface area contributed by atoms with E-state index in [1.807, 2.05) is 4.90 Å². The van der Waals surface area contributed by atoms with Gasteiger partial charge in [-0.15, -0.1) is 0 Å². The van der Waals surface area contributed by atoms with Gasteiger partial charge in [-0.05, 0) is 50.4 Å². The molecule has 0 aromatic heterocycles. The van der Waals surface area contributed by atoms with Crippen molar-refractivity contribution in [2.75, 3.05) is 37.6 Å². The highest BCUT2D eigenvalue weighted by atomic mass is 16.2. The molecule has 2 aliphatic rings. The van der Waals surface area contributed by atoms with Crippen LogP contribution in [0.1, 0.15) is 30.4 Å². The van der Waals surface area contributed by atoms with Crippen molar-refractivity contribution in [1.29, 1.82) is 0 Å². The SMILES string of the molecule is Cc1cccc(N2CCN(C(=O)C3CCCCN3)CC2)c1C. The van der Waals surface area contributed by atoms with Crippen molar-refractivity contribution in [3.63, 3.8) is 0 Å².